The van der Waals surface area contributed by atoms with Gasteiger partial charge in [-0.15, -0.1) is 11.8 Å². The molecule has 0 aliphatic carbocycles. The van der Waals surface area contributed by atoms with E-state index >= 15 is 0 Å². The van der Waals surface area contributed by atoms with Crippen LogP contribution in [0.5, 0.6) is 0 Å². The number of carbonyl (C=O) groups excluding carboxylic acids is 1. The van der Waals surface area contributed by atoms with E-state index in [1.54, 1.807) is 7.05 Å². The Labute approximate surface area is 89.1 Å². The first-order valence-electron chi connectivity index (χ1n) is 4.64. The summed E-state index contributed by atoms with van der Waals surface area (Å²) in [7, 11) is 1.59. The molecule has 14 heavy (non-hydrogen) atoms. The number of nitrogens with one attached hydrogen (secondary N) is 1. The molecule has 0 spiro atoms. The van der Waals surface area contributed by atoms with E-state index in [0.717, 1.165) is 5.75 Å². The van der Waals surface area contributed by atoms with E-state index in [4.69, 9.17) is 5.21 Å². The molecule has 0 heterocycles. The van der Waals surface area contributed by atoms with E-state index in [2.05, 4.69) is 10.5 Å². The number of amides is 1. The number of nitrogens with zero attached hydrogens (tertiary/aromatic N) is 1. The van der Waals surface area contributed by atoms with Gasteiger partial charge in [-0.05, 0) is 11.7 Å². The lowest BCUT2D eigenvalue weighted by atomic mass is 9.96. The smallest absolute Gasteiger partial charge is 0.229 e. The quantitative estimate of drug-likeness (QED) is 0.326. The SMILES string of the molecule is CCSC(=NO)C(C(=O)NC)C(C)C. The van der Waals surface area contributed by atoms with Crippen molar-refractivity contribution in [1.29, 1.82) is 0 Å². The van der Waals surface area contributed by atoms with Gasteiger partial charge < -0.3 is 10.5 Å². The zero-order valence-corrected chi connectivity index (χ0v) is 9.89. The van der Waals surface area contributed by atoms with Crippen molar-refractivity contribution < 1.29 is 10.0 Å². The fourth-order valence-corrected chi connectivity index (χ4v) is 2.10. The topological polar surface area (TPSA) is 61.7 Å². The largest absolute Gasteiger partial charge is 0.410 e. The molecule has 0 rings (SSSR count). The first-order chi connectivity index (χ1) is 6.58. The number of thioether (sulfide) groups is 1. The summed E-state index contributed by atoms with van der Waals surface area (Å²) in [6.45, 7) is 5.82. The van der Waals surface area contributed by atoms with Crippen molar-refractivity contribution in [3.05, 3.63) is 0 Å². The van der Waals surface area contributed by atoms with Crippen LogP contribution in [0.25, 0.3) is 0 Å². The van der Waals surface area contributed by atoms with Crippen LogP contribution in [0.15, 0.2) is 5.16 Å². The molecule has 1 atom stereocenters. The van der Waals surface area contributed by atoms with E-state index in [1.165, 1.54) is 11.8 Å². The van der Waals surface area contributed by atoms with E-state index in [9.17, 15) is 4.79 Å². The molecule has 82 valence electrons. The summed E-state index contributed by atoms with van der Waals surface area (Å²) in [5.41, 5.74) is 0. The van der Waals surface area contributed by atoms with Gasteiger partial charge in [0.2, 0.25) is 5.91 Å². The van der Waals surface area contributed by atoms with Crippen LogP contribution in [0.4, 0.5) is 0 Å². The van der Waals surface area contributed by atoms with Crippen LogP contribution in [-0.4, -0.2) is 29.0 Å². The van der Waals surface area contributed by atoms with Crippen LogP contribution in [0.3, 0.4) is 0 Å². The zero-order valence-electron chi connectivity index (χ0n) is 9.07. The van der Waals surface area contributed by atoms with Crippen molar-refractivity contribution in [1.82, 2.24) is 5.32 Å². The Kier molecular flexibility index (Phi) is 6.36. The van der Waals surface area contributed by atoms with Gasteiger partial charge in [0.1, 0.15) is 5.04 Å². The zero-order chi connectivity index (χ0) is 11.1. The van der Waals surface area contributed by atoms with Crippen LogP contribution in [0, 0.1) is 11.8 Å². The summed E-state index contributed by atoms with van der Waals surface area (Å²) in [4.78, 5) is 11.5. The van der Waals surface area contributed by atoms with Crippen molar-refractivity contribution in [2.45, 2.75) is 20.8 Å². The minimum atomic E-state index is -0.352. The minimum absolute atomic E-state index is 0.103. The molecule has 2 N–H and O–H groups in total. The molecule has 5 heteroatoms. The van der Waals surface area contributed by atoms with E-state index in [1.807, 2.05) is 20.8 Å². The van der Waals surface area contributed by atoms with Gasteiger partial charge in [0.25, 0.3) is 0 Å². The molecule has 0 aliphatic heterocycles. The van der Waals surface area contributed by atoms with Crippen molar-refractivity contribution in [3.8, 4) is 0 Å². The van der Waals surface area contributed by atoms with Gasteiger partial charge in [-0.25, -0.2) is 0 Å². The third kappa shape index (κ3) is 3.57. The molecule has 0 fully saturated rings. The van der Waals surface area contributed by atoms with Gasteiger partial charge in [0.05, 0.1) is 5.92 Å². The third-order valence-electron chi connectivity index (χ3n) is 1.85. The first-order valence-corrected chi connectivity index (χ1v) is 5.63. The lowest BCUT2D eigenvalue weighted by Gasteiger charge is -2.19. The van der Waals surface area contributed by atoms with Crippen molar-refractivity contribution in [3.63, 3.8) is 0 Å². The van der Waals surface area contributed by atoms with E-state index in [0.29, 0.717) is 5.04 Å². The predicted octanol–water partition coefficient (Wildman–Crippen LogP) is 1.55. The van der Waals surface area contributed by atoms with Crippen molar-refractivity contribution >= 4 is 22.7 Å². The molecule has 1 unspecified atom stereocenters. The highest BCUT2D eigenvalue weighted by Gasteiger charge is 2.27. The van der Waals surface area contributed by atoms with Crippen molar-refractivity contribution in [2.75, 3.05) is 12.8 Å². The summed E-state index contributed by atoms with van der Waals surface area (Å²) in [6, 6.07) is 0. The molecule has 0 aromatic heterocycles. The predicted molar refractivity (Wildman–Crippen MR) is 59.7 cm³/mol. The lowest BCUT2D eigenvalue weighted by molar-refractivity contribution is -0.123. The number of hydrogen-bond acceptors (Lipinski definition) is 4. The average molecular weight is 218 g/mol. The van der Waals surface area contributed by atoms with Gasteiger partial charge in [0, 0.05) is 7.05 Å². The van der Waals surface area contributed by atoms with Crippen LogP contribution in [-0.2, 0) is 4.79 Å². The number of rotatable bonds is 4. The van der Waals surface area contributed by atoms with Gasteiger partial charge in [-0.1, -0.05) is 25.9 Å². The summed E-state index contributed by atoms with van der Waals surface area (Å²) in [5, 5.41) is 15.1. The van der Waals surface area contributed by atoms with Crippen molar-refractivity contribution in [2.24, 2.45) is 17.0 Å². The molecule has 4 nitrogen and oxygen atoms in total. The summed E-state index contributed by atoms with van der Waals surface area (Å²) in [6.07, 6.45) is 0. The fourth-order valence-electron chi connectivity index (χ4n) is 1.18. The first kappa shape index (κ1) is 13.3. The normalized spacial score (nSPS) is 14.2. The van der Waals surface area contributed by atoms with Crippen LogP contribution in [0.2, 0.25) is 0 Å². The summed E-state index contributed by atoms with van der Waals surface area (Å²) >= 11 is 1.40. The molecule has 0 aliphatic rings. The second-order valence-corrected chi connectivity index (χ2v) is 4.49. The molecule has 0 aromatic carbocycles. The molecule has 0 saturated carbocycles. The van der Waals surface area contributed by atoms with Crippen LogP contribution >= 0.6 is 11.8 Å². The van der Waals surface area contributed by atoms with Gasteiger partial charge in [0.15, 0.2) is 0 Å². The maximum Gasteiger partial charge on any atom is 0.229 e. The highest BCUT2D eigenvalue weighted by Crippen LogP contribution is 2.20. The second-order valence-electron chi connectivity index (χ2n) is 3.21. The Hall–Kier alpha value is -0.710. The highest BCUT2D eigenvalue weighted by atomic mass is 32.2. The Bertz CT molecular complexity index is 217. The molecule has 0 aromatic rings. The molecule has 1 amide bonds. The summed E-state index contributed by atoms with van der Waals surface area (Å²) in [5.74, 6) is 0.461. The highest BCUT2D eigenvalue weighted by molar-refractivity contribution is 8.14. The van der Waals surface area contributed by atoms with Crippen LogP contribution in [0.1, 0.15) is 20.8 Å². The maximum absolute atomic E-state index is 11.5. The molecule has 0 saturated heterocycles. The van der Waals surface area contributed by atoms with Gasteiger partial charge in [-0.3, -0.25) is 4.79 Å². The number of oxime groups is 1. The molecule has 0 radical (unpaired) electrons. The van der Waals surface area contributed by atoms with E-state index < -0.39 is 0 Å². The molecular formula is C9H18N2O2S. The van der Waals surface area contributed by atoms with Gasteiger partial charge >= 0.3 is 0 Å². The standard InChI is InChI=1S/C9H18N2O2S/c1-5-14-9(11-13)7(6(2)3)8(12)10-4/h6-7,13H,5H2,1-4H3,(H,10,12). The van der Waals surface area contributed by atoms with Crippen LogP contribution < -0.4 is 5.32 Å². The Morgan fingerprint density at radius 2 is 2.14 bits per heavy atom. The maximum atomic E-state index is 11.5. The number of hydrogen-bond donors (Lipinski definition) is 2. The van der Waals surface area contributed by atoms with E-state index in [-0.39, 0.29) is 17.7 Å². The van der Waals surface area contributed by atoms with Gasteiger partial charge in [-0.2, -0.15) is 0 Å². The Balaban J connectivity index is 4.70. The Morgan fingerprint density at radius 3 is 2.43 bits per heavy atom. The monoisotopic (exact) mass is 218 g/mol. The minimum Gasteiger partial charge on any atom is -0.410 e. The Morgan fingerprint density at radius 1 is 1.57 bits per heavy atom. The third-order valence-corrected chi connectivity index (χ3v) is 2.77. The fraction of sp³-hybridized carbons (Fsp3) is 0.778. The average Bonchev–Trinajstić information content (AvgIpc) is 2.16. The lowest BCUT2D eigenvalue weighted by Crippen LogP contribution is -2.35. The second kappa shape index (κ2) is 6.70. The molecular weight excluding hydrogens is 200 g/mol. The molecule has 0 bridgehead atoms. The summed E-state index contributed by atoms with van der Waals surface area (Å²) < 4.78 is 0. The number of carbonyl (C=O) groups is 1.